The average molecular weight is 422 g/mol. The first-order valence-electron chi connectivity index (χ1n) is 8.20. The van der Waals surface area contributed by atoms with E-state index in [1.165, 1.54) is 11.8 Å². The van der Waals surface area contributed by atoms with Gasteiger partial charge in [0.1, 0.15) is 5.25 Å². The predicted molar refractivity (Wildman–Crippen MR) is 112 cm³/mol. The summed E-state index contributed by atoms with van der Waals surface area (Å²) < 4.78 is 0. The molecule has 1 atom stereocenters. The van der Waals surface area contributed by atoms with Crippen LogP contribution in [0.5, 0.6) is 0 Å². The van der Waals surface area contributed by atoms with Gasteiger partial charge in [-0.25, -0.2) is 4.99 Å². The fourth-order valence-electron chi connectivity index (χ4n) is 2.50. The van der Waals surface area contributed by atoms with E-state index in [2.05, 4.69) is 15.6 Å². The van der Waals surface area contributed by atoms with E-state index in [1.54, 1.807) is 18.2 Å². The van der Waals surface area contributed by atoms with E-state index in [4.69, 9.17) is 23.2 Å². The van der Waals surface area contributed by atoms with Crippen molar-refractivity contribution >= 4 is 63.3 Å². The molecule has 5 nitrogen and oxygen atoms in total. The van der Waals surface area contributed by atoms with Crippen LogP contribution in [0.2, 0.25) is 10.0 Å². The maximum atomic E-state index is 12.3. The number of rotatable bonds is 4. The second kappa shape index (κ2) is 8.33. The minimum absolute atomic E-state index is 0.0152. The average Bonchev–Trinajstić information content (AvgIpc) is 2.93. The lowest BCUT2D eigenvalue weighted by Crippen LogP contribution is -2.28. The lowest BCUT2D eigenvalue weighted by atomic mass is 10.1. The van der Waals surface area contributed by atoms with Gasteiger partial charge < -0.3 is 10.6 Å². The van der Waals surface area contributed by atoms with Crippen molar-refractivity contribution < 1.29 is 9.59 Å². The van der Waals surface area contributed by atoms with Gasteiger partial charge in [0.25, 0.3) is 0 Å². The highest BCUT2D eigenvalue weighted by Crippen LogP contribution is 2.29. The number of hydrogen-bond acceptors (Lipinski definition) is 4. The molecule has 2 aromatic rings. The van der Waals surface area contributed by atoms with Crippen LogP contribution in [-0.4, -0.2) is 22.2 Å². The zero-order valence-corrected chi connectivity index (χ0v) is 17.0. The van der Waals surface area contributed by atoms with E-state index in [-0.39, 0.29) is 18.2 Å². The molecule has 3 rings (SSSR count). The summed E-state index contributed by atoms with van der Waals surface area (Å²) in [6, 6.07) is 10.8. The van der Waals surface area contributed by atoms with Crippen molar-refractivity contribution in [2.24, 2.45) is 4.99 Å². The Balaban J connectivity index is 1.66. The number of carbonyl (C=O) groups is 2. The first-order valence-corrected chi connectivity index (χ1v) is 9.84. The smallest absolute Gasteiger partial charge is 0.240 e. The first-order chi connectivity index (χ1) is 12.8. The fourth-order valence-corrected chi connectivity index (χ4v) is 3.94. The third-order valence-corrected chi connectivity index (χ3v) is 5.57. The zero-order chi connectivity index (χ0) is 19.6. The Morgan fingerprint density at radius 3 is 2.74 bits per heavy atom. The topological polar surface area (TPSA) is 70.6 Å². The Kier molecular flexibility index (Phi) is 6.09. The summed E-state index contributed by atoms with van der Waals surface area (Å²) in [7, 11) is 0. The van der Waals surface area contributed by atoms with Gasteiger partial charge in [0, 0.05) is 11.4 Å². The molecule has 0 bridgehead atoms. The molecule has 0 aliphatic carbocycles. The number of hydrogen-bond donors (Lipinski definition) is 2. The maximum Gasteiger partial charge on any atom is 0.240 e. The van der Waals surface area contributed by atoms with Gasteiger partial charge in [0.2, 0.25) is 11.8 Å². The standard InChI is InChI=1S/C19H17Cl2N3O2S/c1-10-3-4-11(2)15(7-10)23-19-24-18(26)16(27-19)9-17(25)22-14-6-5-12(20)8-13(14)21/h3-8,16H,9H2,1-2H3,(H,22,25)(H,23,24,26). The minimum atomic E-state index is -0.542. The molecule has 2 aromatic carbocycles. The van der Waals surface area contributed by atoms with Gasteiger partial charge in [0.05, 0.1) is 16.4 Å². The SMILES string of the molecule is Cc1ccc(C)c(/N=C2\NC(=O)C(CC(=O)Nc3ccc(Cl)cc3Cl)S2)c1. The molecule has 27 heavy (non-hydrogen) atoms. The van der Waals surface area contributed by atoms with Crippen molar-refractivity contribution in [3.05, 3.63) is 57.6 Å². The summed E-state index contributed by atoms with van der Waals surface area (Å²) in [6.07, 6.45) is 0.0152. The van der Waals surface area contributed by atoms with Crippen molar-refractivity contribution in [3.63, 3.8) is 0 Å². The molecule has 140 valence electrons. The van der Waals surface area contributed by atoms with Crippen molar-refractivity contribution in [2.45, 2.75) is 25.5 Å². The normalized spacial score (nSPS) is 17.9. The summed E-state index contributed by atoms with van der Waals surface area (Å²) in [4.78, 5) is 29.0. The van der Waals surface area contributed by atoms with Crippen LogP contribution in [0.4, 0.5) is 11.4 Å². The van der Waals surface area contributed by atoms with Crippen LogP contribution in [0.1, 0.15) is 17.5 Å². The fraction of sp³-hybridized carbons (Fsp3) is 0.211. The third-order valence-electron chi connectivity index (χ3n) is 3.94. The number of carbonyl (C=O) groups excluding carboxylic acids is 2. The van der Waals surface area contributed by atoms with Gasteiger partial charge in [-0.15, -0.1) is 0 Å². The number of nitrogens with one attached hydrogen (secondary N) is 2. The molecule has 1 fully saturated rings. The molecule has 0 spiro atoms. The van der Waals surface area contributed by atoms with Crippen LogP contribution in [0.15, 0.2) is 41.4 Å². The zero-order valence-electron chi connectivity index (χ0n) is 14.7. The number of thioether (sulfide) groups is 1. The van der Waals surface area contributed by atoms with E-state index in [1.807, 2.05) is 32.0 Å². The number of anilines is 1. The van der Waals surface area contributed by atoms with Crippen molar-refractivity contribution in [1.29, 1.82) is 0 Å². The molecular weight excluding hydrogens is 405 g/mol. The molecule has 2 amide bonds. The van der Waals surface area contributed by atoms with Crippen molar-refractivity contribution in [1.82, 2.24) is 5.32 Å². The molecule has 1 aliphatic rings. The van der Waals surface area contributed by atoms with Crippen LogP contribution >= 0.6 is 35.0 Å². The highest BCUT2D eigenvalue weighted by Gasteiger charge is 2.32. The molecule has 1 aliphatic heterocycles. The van der Waals surface area contributed by atoms with Gasteiger partial charge in [-0.2, -0.15) is 0 Å². The van der Waals surface area contributed by atoms with Crippen LogP contribution in [-0.2, 0) is 9.59 Å². The lowest BCUT2D eigenvalue weighted by Gasteiger charge is -2.09. The van der Waals surface area contributed by atoms with Crippen molar-refractivity contribution in [2.75, 3.05) is 5.32 Å². The second-order valence-corrected chi connectivity index (χ2v) is 8.21. The molecule has 2 N–H and O–H groups in total. The molecule has 0 saturated carbocycles. The largest absolute Gasteiger partial charge is 0.325 e. The molecule has 8 heteroatoms. The molecule has 1 unspecified atom stereocenters. The maximum absolute atomic E-state index is 12.3. The molecule has 1 saturated heterocycles. The number of nitrogens with zero attached hydrogens (tertiary/aromatic N) is 1. The monoisotopic (exact) mass is 421 g/mol. The minimum Gasteiger partial charge on any atom is -0.325 e. The Morgan fingerprint density at radius 1 is 1.22 bits per heavy atom. The Morgan fingerprint density at radius 2 is 2.00 bits per heavy atom. The number of amidine groups is 1. The predicted octanol–water partition coefficient (Wildman–Crippen LogP) is 4.86. The molecular formula is C19H17Cl2N3O2S. The van der Waals surface area contributed by atoms with E-state index in [0.29, 0.717) is 20.9 Å². The first kappa shape index (κ1) is 19.7. The number of amides is 2. The Labute approximate surface area is 171 Å². The summed E-state index contributed by atoms with van der Waals surface area (Å²) in [5, 5.41) is 6.22. The summed E-state index contributed by atoms with van der Waals surface area (Å²) in [5.41, 5.74) is 3.36. The molecule has 0 radical (unpaired) electrons. The van der Waals surface area contributed by atoms with Crippen LogP contribution in [0.3, 0.4) is 0 Å². The molecule has 1 heterocycles. The second-order valence-electron chi connectivity index (χ2n) is 6.18. The highest BCUT2D eigenvalue weighted by atomic mass is 35.5. The number of halogens is 2. The van der Waals surface area contributed by atoms with Gasteiger partial charge in [-0.1, -0.05) is 47.1 Å². The van der Waals surface area contributed by atoms with E-state index < -0.39 is 5.25 Å². The number of aliphatic imine (C=N–C) groups is 1. The van der Waals surface area contributed by atoms with Crippen molar-refractivity contribution in [3.8, 4) is 0 Å². The number of benzene rings is 2. The summed E-state index contributed by atoms with van der Waals surface area (Å²) >= 11 is 13.2. The highest BCUT2D eigenvalue weighted by molar-refractivity contribution is 8.15. The third kappa shape index (κ3) is 5.03. The van der Waals surface area contributed by atoms with Crippen LogP contribution in [0.25, 0.3) is 0 Å². The number of aryl methyl sites for hydroxylation is 2. The summed E-state index contributed by atoms with van der Waals surface area (Å²) in [5.74, 6) is -0.540. The van der Waals surface area contributed by atoms with Gasteiger partial charge >= 0.3 is 0 Å². The molecule has 0 aromatic heterocycles. The van der Waals surface area contributed by atoms with Gasteiger partial charge in [-0.05, 0) is 49.2 Å². The van der Waals surface area contributed by atoms with E-state index in [9.17, 15) is 9.59 Å². The lowest BCUT2D eigenvalue weighted by molar-refractivity contribution is -0.122. The Hall–Kier alpha value is -2.02. The van der Waals surface area contributed by atoms with E-state index in [0.717, 1.165) is 16.8 Å². The van der Waals surface area contributed by atoms with Crippen LogP contribution < -0.4 is 10.6 Å². The van der Waals surface area contributed by atoms with Gasteiger partial charge in [-0.3, -0.25) is 9.59 Å². The Bertz CT molecular complexity index is 947. The van der Waals surface area contributed by atoms with Gasteiger partial charge in [0.15, 0.2) is 5.17 Å². The van der Waals surface area contributed by atoms with E-state index >= 15 is 0 Å². The summed E-state index contributed by atoms with van der Waals surface area (Å²) in [6.45, 7) is 3.94. The quantitative estimate of drug-likeness (QED) is 0.740. The van der Waals surface area contributed by atoms with Crippen LogP contribution in [0, 0.1) is 13.8 Å².